The third-order valence-electron chi connectivity index (χ3n) is 11.7. The van der Waals surface area contributed by atoms with E-state index < -0.39 is 87.3 Å². The van der Waals surface area contributed by atoms with Crippen LogP contribution >= 0.6 is 0 Å². The van der Waals surface area contributed by atoms with E-state index >= 15 is 0 Å². The zero-order valence-corrected chi connectivity index (χ0v) is 38.6. The van der Waals surface area contributed by atoms with Crippen LogP contribution in [0.1, 0.15) is 77.3 Å². The summed E-state index contributed by atoms with van der Waals surface area (Å²) in [5.74, 6) is -11.3. The van der Waals surface area contributed by atoms with Gasteiger partial charge in [0.25, 0.3) is 5.91 Å². The van der Waals surface area contributed by atoms with Gasteiger partial charge in [-0.2, -0.15) is 10.2 Å². The summed E-state index contributed by atoms with van der Waals surface area (Å²) in [6.07, 6.45) is 3.66. The number of carboxylic acids is 1. The van der Waals surface area contributed by atoms with Crippen LogP contribution in [0.15, 0.2) is 85.2 Å². The Bertz CT molecular complexity index is 2870. The predicted molar refractivity (Wildman–Crippen MR) is 241 cm³/mol. The molecule has 2 fully saturated rings. The number of benzene rings is 4. The lowest BCUT2D eigenvalue weighted by Crippen LogP contribution is -2.50. The number of nitrogens with one attached hydrogen (secondary N) is 2. The molecule has 4 atom stereocenters. The highest BCUT2D eigenvalue weighted by Gasteiger charge is 2.34. The number of piperidine rings is 2. The predicted octanol–water partition coefficient (Wildman–Crippen LogP) is 8.60. The average Bonchev–Trinajstić information content (AvgIpc) is 3.94. The van der Waals surface area contributed by atoms with Crippen molar-refractivity contribution in [3.8, 4) is 22.5 Å². The van der Waals surface area contributed by atoms with E-state index in [0.29, 0.717) is 61.5 Å². The van der Waals surface area contributed by atoms with E-state index in [1.807, 2.05) is 0 Å². The molecule has 2 amide bonds. The van der Waals surface area contributed by atoms with Crippen LogP contribution < -0.4 is 16.4 Å². The minimum absolute atomic E-state index is 0.00644. The van der Waals surface area contributed by atoms with Crippen molar-refractivity contribution < 1.29 is 59.4 Å². The molecule has 5 N–H and O–H groups in total. The molecule has 0 bridgehead atoms. The van der Waals surface area contributed by atoms with Crippen LogP contribution in [0.5, 0.6) is 0 Å². The SMILES string of the molecule is CC(C)(C)OC(=O)N1CC[C@@H](c2ccc(F)c(F)c2)[C@H](N)C1.Cn1nccc1-c1ccc(C(=O)N[C@@H]2CNCC[C@H]2c2ccc(F)c(F)c2)c(F)c1F.Cn1nccc1-c1ccc(C(=O)O)c(F)c1F. The number of aromatic carboxylic acids is 1. The van der Waals surface area contributed by atoms with Crippen LogP contribution in [-0.2, 0) is 18.8 Å². The number of aromatic nitrogens is 4. The quantitative estimate of drug-likeness (QED) is 0.115. The van der Waals surface area contributed by atoms with E-state index in [1.54, 1.807) is 45.8 Å². The molecule has 13 nitrogen and oxygen atoms in total. The summed E-state index contributed by atoms with van der Waals surface area (Å²) in [6, 6.07) is 14.5. The number of rotatable bonds is 7. The standard InChI is InChI=1S/C22H20F4N4O.C16H22F2N2O2.C11H8F2N2O2/c1-30-19(7-9-28-30)14-3-4-15(21(26)20(14)25)22(31)29-18-11-27-8-6-13(18)12-2-5-16(23)17(24)10-12;1-16(2,3)22-15(21)20-7-6-11(14(19)9-20)10-4-5-12(17)13(18)8-10;1-15-8(4-5-14-15)6-2-3-7(11(16)17)10(13)9(6)12/h2-5,7,9-10,13,18,27H,6,8,11H2,1H3,(H,29,31);4-5,8,11,14H,6-7,9,19H2,1-3H3;2-5H,1H3,(H,16,17)/t13-,18+;11-,14+;/m00./s1. The zero-order chi connectivity index (χ0) is 51.2. The molecule has 0 radical (unpaired) electrons. The van der Waals surface area contributed by atoms with Gasteiger partial charge in [0.15, 0.2) is 46.5 Å². The van der Waals surface area contributed by atoms with Gasteiger partial charge in [-0.15, -0.1) is 0 Å². The first kappa shape index (κ1) is 52.2. The number of nitrogens with zero attached hydrogens (tertiary/aromatic N) is 5. The topological polar surface area (TPSA) is 170 Å². The Labute approximate surface area is 397 Å². The smallest absolute Gasteiger partial charge is 0.410 e. The van der Waals surface area contributed by atoms with Gasteiger partial charge in [-0.05, 0) is 112 Å². The average molecular weight is 983 g/mol. The maximum Gasteiger partial charge on any atom is 0.410 e. The number of carbonyl (C=O) groups excluding carboxylic acids is 2. The molecule has 0 spiro atoms. The van der Waals surface area contributed by atoms with E-state index in [0.717, 1.165) is 24.3 Å². The summed E-state index contributed by atoms with van der Waals surface area (Å²) in [7, 11) is 3.18. The minimum Gasteiger partial charge on any atom is -0.478 e. The maximum atomic E-state index is 14.7. The lowest BCUT2D eigenvalue weighted by atomic mass is 9.85. The van der Waals surface area contributed by atoms with Crippen LogP contribution in [0.2, 0.25) is 0 Å². The van der Waals surface area contributed by atoms with Gasteiger partial charge in [0.2, 0.25) is 0 Å². The number of ether oxygens (including phenoxy) is 1. The van der Waals surface area contributed by atoms with Crippen LogP contribution in [0.25, 0.3) is 22.5 Å². The van der Waals surface area contributed by atoms with Crippen molar-refractivity contribution >= 4 is 18.0 Å². The Kier molecular flexibility index (Phi) is 16.5. The molecule has 4 heterocycles. The second kappa shape index (κ2) is 22.1. The summed E-state index contributed by atoms with van der Waals surface area (Å²) in [5, 5.41) is 22.2. The van der Waals surface area contributed by atoms with Crippen LogP contribution in [0, 0.1) is 46.5 Å². The molecule has 21 heteroatoms. The number of halogens is 8. The van der Waals surface area contributed by atoms with Gasteiger partial charge >= 0.3 is 12.1 Å². The molecule has 4 aromatic carbocycles. The maximum absolute atomic E-state index is 14.7. The Hall–Kier alpha value is -7.13. The van der Waals surface area contributed by atoms with Gasteiger partial charge in [-0.25, -0.2) is 44.7 Å². The van der Waals surface area contributed by atoms with E-state index in [4.69, 9.17) is 15.6 Å². The molecule has 2 aliphatic rings. The van der Waals surface area contributed by atoms with Gasteiger partial charge in [0, 0.05) is 81.2 Å². The summed E-state index contributed by atoms with van der Waals surface area (Å²) >= 11 is 0. The number of aryl methyl sites for hydroxylation is 2. The highest BCUT2D eigenvalue weighted by Crippen LogP contribution is 2.32. The third kappa shape index (κ3) is 12.2. The Morgan fingerprint density at radius 2 is 1.21 bits per heavy atom. The summed E-state index contributed by atoms with van der Waals surface area (Å²) < 4.78 is 118. The van der Waals surface area contributed by atoms with E-state index in [1.165, 1.54) is 64.2 Å². The monoisotopic (exact) mass is 982 g/mol. The summed E-state index contributed by atoms with van der Waals surface area (Å²) in [6.45, 7) is 7.20. The molecule has 70 heavy (non-hydrogen) atoms. The number of carbonyl (C=O) groups is 3. The number of amides is 2. The van der Waals surface area contributed by atoms with E-state index in [2.05, 4.69) is 20.8 Å². The first-order chi connectivity index (χ1) is 33.1. The Morgan fingerprint density at radius 3 is 1.69 bits per heavy atom. The Morgan fingerprint density at radius 1 is 0.700 bits per heavy atom. The van der Waals surface area contributed by atoms with Gasteiger partial charge in [-0.3, -0.25) is 14.2 Å². The molecule has 0 aliphatic carbocycles. The number of hydrogen-bond donors (Lipinski definition) is 4. The second-order valence-corrected chi connectivity index (χ2v) is 17.6. The van der Waals surface area contributed by atoms with Crippen LogP contribution in [-0.4, -0.2) is 91.4 Å². The lowest BCUT2D eigenvalue weighted by molar-refractivity contribution is 0.0186. The van der Waals surface area contributed by atoms with Gasteiger partial charge in [0.1, 0.15) is 5.60 Å². The molecule has 0 saturated carbocycles. The molecule has 0 unspecified atom stereocenters. The molecular formula is C49H50F8N8O5. The minimum atomic E-state index is -1.50. The fourth-order valence-electron chi connectivity index (χ4n) is 8.14. The van der Waals surface area contributed by atoms with Gasteiger partial charge < -0.3 is 31.1 Å². The molecule has 372 valence electrons. The third-order valence-corrected chi connectivity index (χ3v) is 11.7. The van der Waals surface area contributed by atoms with Crippen LogP contribution in [0.3, 0.4) is 0 Å². The zero-order valence-electron chi connectivity index (χ0n) is 38.6. The largest absolute Gasteiger partial charge is 0.478 e. The normalized spacial score (nSPS) is 17.9. The number of nitrogens with two attached hydrogens (primary N) is 1. The van der Waals surface area contributed by atoms with Crippen molar-refractivity contribution in [3.63, 3.8) is 0 Å². The van der Waals surface area contributed by atoms with Crippen molar-refractivity contribution in [1.82, 2.24) is 35.1 Å². The van der Waals surface area contributed by atoms with Crippen molar-refractivity contribution in [3.05, 3.63) is 154 Å². The molecule has 8 rings (SSSR count). The molecule has 6 aromatic rings. The van der Waals surface area contributed by atoms with E-state index in [-0.39, 0.29) is 29.0 Å². The fraction of sp³-hybridized carbons (Fsp3) is 0.327. The lowest BCUT2D eigenvalue weighted by Gasteiger charge is -2.37. The molecular weight excluding hydrogens is 933 g/mol. The number of likely N-dealkylation sites (tertiary alicyclic amines) is 1. The highest BCUT2D eigenvalue weighted by atomic mass is 19.2. The molecule has 2 saturated heterocycles. The first-order valence-electron chi connectivity index (χ1n) is 21.9. The van der Waals surface area contributed by atoms with Crippen molar-refractivity contribution in [2.24, 2.45) is 19.8 Å². The second-order valence-electron chi connectivity index (χ2n) is 17.6. The van der Waals surface area contributed by atoms with Crippen molar-refractivity contribution in [2.45, 2.75) is 63.1 Å². The van der Waals surface area contributed by atoms with Crippen LogP contribution in [0.4, 0.5) is 39.9 Å². The first-order valence-corrected chi connectivity index (χ1v) is 21.9. The molecule has 2 aliphatic heterocycles. The summed E-state index contributed by atoms with van der Waals surface area (Å²) in [5.41, 5.74) is 6.36. The summed E-state index contributed by atoms with van der Waals surface area (Å²) in [4.78, 5) is 37.0. The van der Waals surface area contributed by atoms with Gasteiger partial charge in [0.05, 0.1) is 22.5 Å². The molecule has 2 aromatic heterocycles. The number of carboxylic acid groups (broad SMARTS) is 1. The Balaban J connectivity index is 0.000000181. The number of hydrogen-bond acceptors (Lipinski definition) is 8. The van der Waals surface area contributed by atoms with Gasteiger partial charge in [-0.1, -0.05) is 12.1 Å². The van der Waals surface area contributed by atoms with E-state index in [9.17, 15) is 49.5 Å². The van der Waals surface area contributed by atoms with Crippen molar-refractivity contribution in [2.75, 3.05) is 26.2 Å². The fourth-order valence-corrected chi connectivity index (χ4v) is 8.14. The highest BCUT2D eigenvalue weighted by molar-refractivity contribution is 5.95. The van der Waals surface area contributed by atoms with Crippen molar-refractivity contribution in [1.29, 1.82) is 0 Å².